The van der Waals surface area contributed by atoms with Crippen molar-refractivity contribution in [2.75, 3.05) is 7.11 Å². The van der Waals surface area contributed by atoms with E-state index in [-0.39, 0.29) is 5.56 Å². The summed E-state index contributed by atoms with van der Waals surface area (Å²) in [4.78, 5) is 10.8. The third-order valence-corrected chi connectivity index (χ3v) is 3.44. The van der Waals surface area contributed by atoms with E-state index < -0.39 is 12.1 Å². The lowest BCUT2D eigenvalue weighted by Crippen LogP contribution is -2.12. The largest absolute Gasteiger partial charge is 0.495 e. The zero-order chi connectivity index (χ0) is 12.5. The molecule has 1 unspecified atom stereocenters. The molecule has 1 aromatic carbocycles. The number of benzene rings is 1. The smallest absolute Gasteiger partial charge is 0.337 e. The zero-order valence-electron chi connectivity index (χ0n) is 9.24. The summed E-state index contributed by atoms with van der Waals surface area (Å²) in [5.41, 5.74) is 2.10. The topological polar surface area (TPSA) is 66.8 Å². The van der Waals surface area contributed by atoms with Gasteiger partial charge in [-0.2, -0.15) is 0 Å². The van der Waals surface area contributed by atoms with E-state index in [4.69, 9.17) is 9.84 Å². The van der Waals surface area contributed by atoms with Gasteiger partial charge in [-0.25, -0.2) is 4.79 Å². The van der Waals surface area contributed by atoms with Crippen LogP contribution in [0.5, 0.6) is 5.75 Å². The van der Waals surface area contributed by atoms with Gasteiger partial charge < -0.3 is 14.9 Å². The molecule has 5 heteroatoms. The average Bonchev–Trinajstić information content (AvgIpc) is 2.24. The van der Waals surface area contributed by atoms with Gasteiger partial charge in [0.15, 0.2) is 6.10 Å². The first-order valence-corrected chi connectivity index (χ1v) is 5.43. The van der Waals surface area contributed by atoms with Crippen LogP contribution in [0.15, 0.2) is 10.5 Å². The minimum Gasteiger partial charge on any atom is -0.495 e. The van der Waals surface area contributed by atoms with Gasteiger partial charge in [0.05, 0.1) is 11.6 Å². The van der Waals surface area contributed by atoms with Crippen LogP contribution in [0.4, 0.5) is 0 Å². The van der Waals surface area contributed by atoms with Crippen LogP contribution in [0.1, 0.15) is 22.8 Å². The maximum Gasteiger partial charge on any atom is 0.337 e. The Kier molecular flexibility index (Phi) is 3.93. The maximum atomic E-state index is 10.8. The summed E-state index contributed by atoms with van der Waals surface area (Å²) in [5.74, 6) is -0.938. The van der Waals surface area contributed by atoms with Gasteiger partial charge >= 0.3 is 5.97 Å². The van der Waals surface area contributed by atoms with Crippen molar-refractivity contribution in [2.45, 2.75) is 20.0 Å². The number of methoxy groups -OCH3 is 1. The highest BCUT2D eigenvalue weighted by Crippen LogP contribution is 2.37. The fourth-order valence-electron chi connectivity index (χ4n) is 1.42. The van der Waals surface area contributed by atoms with Crippen LogP contribution < -0.4 is 4.74 Å². The van der Waals surface area contributed by atoms with Crippen LogP contribution in [-0.4, -0.2) is 23.3 Å². The molecule has 0 fully saturated rings. The van der Waals surface area contributed by atoms with E-state index in [1.807, 2.05) is 13.8 Å². The van der Waals surface area contributed by atoms with Crippen molar-refractivity contribution in [1.82, 2.24) is 0 Å². The van der Waals surface area contributed by atoms with Gasteiger partial charge in [0.25, 0.3) is 0 Å². The summed E-state index contributed by atoms with van der Waals surface area (Å²) in [6, 6.07) is 1.62. The van der Waals surface area contributed by atoms with Gasteiger partial charge in [-0.15, -0.1) is 0 Å². The Morgan fingerprint density at radius 1 is 1.50 bits per heavy atom. The molecule has 1 rings (SSSR count). The van der Waals surface area contributed by atoms with Crippen molar-refractivity contribution in [1.29, 1.82) is 0 Å². The molecule has 2 N–H and O–H groups in total. The maximum absolute atomic E-state index is 10.8. The number of carboxylic acids is 1. The molecule has 88 valence electrons. The summed E-state index contributed by atoms with van der Waals surface area (Å²) in [6.45, 7) is 3.73. The molecule has 1 aromatic rings. The first-order chi connectivity index (χ1) is 7.40. The number of hydrogen-bond donors (Lipinski definition) is 2. The zero-order valence-corrected chi connectivity index (χ0v) is 10.8. The van der Waals surface area contributed by atoms with Crippen LogP contribution in [0.25, 0.3) is 0 Å². The van der Waals surface area contributed by atoms with Crippen molar-refractivity contribution in [3.63, 3.8) is 0 Å². The molecule has 0 aromatic heterocycles. The molecule has 0 amide bonds. The van der Waals surface area contributed by atoms with Crippen molar-refractivity contribution < 1.29 is 19.7 Å². The molecule has 0 radical (unpaired) electrons. The molecule has 1 atom stereocenters. The molecule has 0 saturated heterocycles. The second kappa shape index (κ2) is 4.84. The van der Waals surface area contributed by atoms with Gasteiger partial charge in [-0.05, 0) is 47.0 Å². The second-order valence-electron chi connectivity index (χ2n) is 3.50. The fourth-order valence-corrected chi connectivity index (χ4v) is 2.12. The Labute approximate surface area is 102 Å². The van der Waals surface area contributed by atoms with Gasteiger partial charge in [0.1, 0.15) is 5.75 Å². The quantitative estimate of drug-likeness (QED) is 0.895. The molecule has 0 spiro atoms. The van der Waals surface area contributed by atoms with Crippen LogP contribution in [0.2, 0.25) is 0 Å². The molecule has 16 heavy (non-hydrogen) atoms. The molecule has 0 bridgehead atoms. The Morgan fingerprint density at radius 2 is 2.06 bits per heavy atom. The van der Waals surface area contributed by atoms with Crippen molar-refractivity contribution in [3.8, 4) is 5.75 Å². The van der Waals surface area contributed by atoms with Crippen LogP contribution in [0.3, 0.4) is 0 Å². The average molecular weight is 289 g/mol. The molecule has 0 aliphatic carbocycles. The number of carboxylic acid groups (broad SMARTS) is 1. The molecular weight excluding hydrogens is 276 g/mol. The van der Waals surface area contributed by atoms with Gasteiger partial charge in [0.2, 0.25) is 0 Å². The lowest BCUT2D eigenvalue weighted by atomic mass is 10.0. The van der Waals surface area contributed by atoms with E-state index in [0.717, 1.165) is 11.1 Å². The van der Waals surface area contributed by atoms with E-state index >= 15 is 0 Å². The molecule has 4 nitrogen and oxygen atoms in total. The molecule has 0 saturated carbocycles. The Bertz CT molecular complexity index is 428. The van der Waals surface area contributed by atoms with E-state index in [1.165, 1.54) is 7.11 Å². The number of aliphatic hydroxyl groups is 1. The SMILES string of the molecule is COc1c(C(O)C(=O)O)cc(C)c(C)c1Br. The highest BCUT2D eigenvalue weighted by molar-refractivity contribution is 9.10. The monoisotopic (exact) mass is 288 g/mol. The number of aliphatic hydroxyl groups excluding tert-OH is 1. The minimum absolute atomic E-state index is 0.255. The van der Waals surface area contributed by atoms with Gasteiger partial charge in [-0.3, -0.25) is 0 Å². The van der Waals surface area contributed by atoms with E-state index in [0.29, 0.717) is 10.2 Å². The number of aryl methyl sites for hydroxylation is 1. The summed E-state index contributed by atoms with van der Waals surface area (Å²) in [6.07, 6.45) is -1.58. The molecule has 0 aliphatic heterocycles. The predicted molar refractivity (Wildman–Crippen MR) is 62.8 cm³/mol. The normalized spacial score (nSPS) is 12.3. The summed E-state index contributed by atoms with van der Waals surface area (Å²) >= 11 is 3.33. The summed E-state index contributed by atoms with van der Waals surface area (Å²) in [5, 5.41) is 18.3. The van der Waals surface area contributed by atoms with Crippen LogP contribution in [0, 0.1) is 13.8 Å². The van der Waals surface area contributed by atoms with Gasteiger partial charge in [-0.1, -0.05) is 0 Å². The van der Waals surface area contributed by atoms with E-state index in [9.17, 15) is 9.90 Å². The van der Waals surface area contributed by atoms with E-state index in [1.54, 1.807) is 6.07 Å². The number of carbonyl (C=O) groups is 1. The van der Waals surface area contributed by atoms with Gasteiger partial charge in [0, 0.05) is 5.56 Å². The number of rotatable bonds is 3. The number of aliphatic carboxylic acids is 1. The Morgan fingerprint density at radius 3 is 2.50 bits per heavy atom. The van der Waals surface area contributed by atoms with E-state index in [2.05, 4.69) is 15.9 Å². The number of hydrogen-bond acceptors (Lipinski definition) is 3. The van der Waals surface area contributed by atoms with Crippen molar-refractivity contribution >= 4 is 21.9 Å². The minimum atomic E-state index is -1.58. The standard InChI is InChI=1S/C11H13BrO4/c1-5-4-7(9(13)11(14)15)10(16-3)8(12)6(5)2/h4,9,13H,1-3H3,(H,14,15). The van der Waals surface area contributed by atoms with Crippen molar-refractivity contribution in [2.24, 2.45) is 0 Å². The lowest BCUT2D eigenvalue weighted by Gasteiger charge is -2.16. The number of ether oxygens (including phenoxy) is 1. The highest BCUT2D eigenvalue weighted by Gasteiger charge is 2.23. The lowest BCUT2D eigenvalue weighted by molar-refractivity contribution is -0.147. The van der Waals surface area contributed by atoms with Crippen LogP contribution in [-0.2, 0) is 4.79 Å². The van der Waals surface area contributed by atoms with Crippen LogP contribution >= 0.6 is 15.9 Å². The second-order valence-corrected chi connectivity index (χ2v) is 4.29. The Balaban J connectivity index is 3.44. The first-order valence-electron chi connectivity index (χ1n) is 4.64. The molecule has 0 heterocycles. The molecular formula is C11H13BrO4. The highest BCUT2D eigenvalue weighted by atomic mass is 79.9. The third-order valence-electron chi connectivity index (χ3n) is 2.49. The summed E-state index contributed by atoms with van der Waals surface area (Å²) < 4.78 is 5.78. The fraction of sp³-hybridized carbons (Fsp3) is 0.364. The molecule has 0 aliphatic rings. The predicted octanol–water partition coefficient (Wildman–Crippen LogP) is 2.19. The summed E-state index contributed by atoms with van der Waals surface area (Å²) in [7, 11) is 1.44. The Hall–Kier alpha value is -1.07. The number of halogens is 1. The third kappa shape index (κ3) is 2.20. The van der Waals surface area contributed by atoms with Crippen molar-refractivity contribution in [3.05, 3.63) is 27.2 Å². The first kappa shape index (κ1) is 13.0.